The maximum absolute atomic E-state index is 13.2. The summed E-state index contributed by atoms with van der Waals surface area (Å²) in [6.07, 6.45) is 2.96. The SMILES string of the molecule is CCN1CCC(N(C)C(=O)c2cccc(S(=O)(=O)N3CC(C)CC(C)C3)c2)CC1. The van der Waals surface area contributed by atoms with Crippen LogP contribution < -0.4 is 0 Å². The maximum Gasteiger partial charge on any atom is 0.253 e. The third-order valence-corrected chi connectivity index (χ3v) is 8.25. The molecule has 29 heavy (non-hydrogen) atoms. The summed E-state index contributed by atoms with van der Waals surface area (Å²) >= 11 is 0. The molecule has 6 nitrogen and oxygen atoms in total. The van der Waals surface area contributed by atoms with E-state index in [2.05, 4.69) is 25.7 Å². The zero-order valence-corrected chi connectivity index (χ0v) is 19.0. The first-order chi connectivity index (χ1) is 13.7. The van der Waals surface area contributed by atoms with Gasteiger partial charge in [0.1, 0.15) is 0 Å². The summed E-state index contributed by atoms with van der Waals surface area (Å²) in [5.74, 6) is 0.592. The van der Waals surface area contributed by atoms with E-state index in [1.54, 1.807) is 33.5 Å². The van der Waals surface area contributed by atoms with Crippen molar-refractivity contribution >= 4 is 15.9 Å². The largest absolute Gasteiger partial charge is 0.339 e. The molecule has 3 rings (SSSR count). The van der Waals surface area contributed by atoms with Gasteiger partial charge in [0, 0.05) is 44.8 Å². The second-order valence-electron chi connectivity index (χ2n) is 8.88. The molecular weight excluding hydrogens is 386 g/mol. The summed E-state index contributed by atoms with van der Waals surface area (Å²) in [5, 5.41) is 0. The van der Waals surface area contributed by atoms with Gasteiger partial charge in [-0.15, -0.1) is 0 Å². The minimum absolute atomic E-state index is 0.0996. The van der Waals surface area contributed by atoms with Crippen molar-refractivity contribution in [3.63, 3.8) is 0 Å². The van der Waals surface area contributed by atoms with Crippen LogP contribution in [0.25, 0.3) is 0 Å². The predicted octanol–water partition coefficient (Wildman–Crippen LogP) is 2.91. The lowest BCUT2D eigenvalue weighted by molar-refractivity contribution is 0.0646. The summed E-state index contributed by atoms with van der Waals surface area (Å²) in [7, 11) is -1.75. The fraction of sp³-hybridized carbons (Fsp3) is 0.682. The highest BCUT2D eigenvalue weighted by Crippen LogP contribution is 2.27. The van der Waals surface area contributed by atoms with E-state index in [0.29, 0.717) is 30.5 Å². The van der Waals surface area contributed by atoms with Crippen LogP contribution in [0.1, 0.15) is 50.4 Å². The molecule has 2 aliphatic rings. The molecule has 162 valence electrons. The smallest absolute Gasteiger partial charge is 0.253 e. The van der Waals surface area contributed by atoms with Gasteiger partial charge in [0.2, 0.25) is 10.0 Å². The van der Waals surface area contributed by atoms with Crippen LogP contribution in [0.4, 0.5) is 0 Å². The molecule has 2 saturated heterocycles. The van der Waals surface area contributed by atoms with Crippen molar-refractivity contribution in [1.29, 1.82) is 0 Å². The minimum Gasteiger partial charge on any atom is -0.339 e. The number of likely N-dealkylation sites (tertiary alicyclic amines) is 1. The Hall–Kier alpha value is -1.44. The van der Waals surface area contributed by atoms with Gasteiger partial charge in [-0.05, 0) is 55.8 Å². The van der Waals surface area contributed by atoms with Crippen LogP contribution in [0.3, 0.4) is 0 Å². The fourth-order valence-electron chi connectivity index (χ4n) is 4.73. The first kappa shape index (κ1) is 22.2. The molecule has 2 atom stereocenters. The molecule has 0 spiro atoms. The Kier molecular flexibility index (Phi) is 7.02. The Balaban J connectivity index is 1.75. The molecule has 2 unspecified atom stereocenters. The number of benzene rings is 1. The van der Waals surface area contributed by atoms with Gasteiger partial charge < -0.3 is 9.80 Å². The van der Waals surface area contributed by atoms with E-state index in [4.69, 9.17) is 0 Å². The topological polar surface area (TPSA) is 60.9 Å². The van der Waals surface area contributed by atoms with Crippen molar-refractivity contribution < 1.29 is 13.2 Å². The van der Waals surface area contributed by atoms with Gasteiger partial charge in [0.15, 0.2) is 0 Å². The minimum atomic E-state index is -3.59. The van der Waals surface area contributed by atoms with Crippen LogP contribution in [-0.2, 0) is 10.0 Å². The summed E-state index contributed by atoms with van der Waals surface area (Å²) in [4.78, 5) is 17.5. The number of nitrogens with zero attached hydrogens (tertiary/aromatic N) is 3. The number of sulfonamides is 1. The number of carbonyl (C=O) groups excluding carboxylic acids is 1. The van der Waals surface area contributed by atoms with Gasteiger partial charge >= 0.3 is 0 Å². The van der Waals surface area contributed by atoms with Crippen molar-refractivity contribution in [3.8, 4) is 0 Å². The number of carbonyl (C=O) groups is 1. The summed E-state index contributed by atoms with van der Waals surface area (Å²) in [5.41, 5.74) is 0.449. The summed E-state index contributed by atoms with van der Waals surface area (Å²) < 4.78 is 28.0. The molecule has 1 aromatic rings. The van der Waals surface area contributed by atoms with E-state index in [9.17, 15) is 13.2 Å². The molecule has 0 bridgehead atoms. The van der Waals surface area contributed by atoms with E-state index >= 15 is 0 Å². The van der Waals surface area contributed by atoms with Gasteiger partial charge in [0.25, 0.3) is 5.91 Å². The average Bonchev–Trinajstić information content (AvgIpc) is 2.72. The Bertz CT molecular complexity index is 808. The van der Waals surface area contributed by atoms with Gasteiger partial charge in [-0.25, -0.2) is 8.42 Å². The first-order valence-corrected chi connectivity index (χ1v) is 12.3. The van der Waals surface area contributed by atoms with Crippen LogP contribution in [0.5, 0.6) is 0 Å². The molecule has 1 amide bonds. The first-order valence-electron chi connectivity index (χ1n) is 10.8. The standard InChI is InChI=1S/C22H35N3O3S/c1-5-24-11-9-20(10-12-24)23(4)22(26)19-7-6-8-21(14-19)29(27,28)25-15-17(2)13-18(3)16-25/h6-8,14,17-18,20H,5,9-13,15-16H2,1-4H3. The third-order valence-electron chi connectivity index (χ3n) is 6.43. The van der Waals surface area contributed by atoms with Gasteiger partial charge in [0.05, 0.1) is 4.90 Å². The zero-order valence-electron chi connectivity index (χ0n) is 18.2. The molecule has 2 aliphatic heterocycles. The van der Waals surface area contributed by atoms with E-state index in [0.717, 1.165) is 38.9 Å². The highest BCUT2D eigenvalue weighted by Gasteiger charge is 2.32. The number of amides is 1. The molecule has 1 aromatic carbocycles. The van der Waals surface area contributed by atoms with E-state index < -0.39 is 10.0 Å². The van der Waals surface area contributed by atoms with E-state index in [1.165, 1.54) is 0 Å². The Morgan fingerprint density at radius 3 is 2.34 bits per heavy atom. The molecule has 2 fully saturated rings. The lowest BCUT2D eigenvalue weighted by Crippen LogP contribution is -2.45. The summed E-state index contributed by atoms with van der Waals surface area (Å²) in [6.45, 7) is 10.5. The molecule has 0 N–H and O–H groups in total. The van der Waals surface area contributed by atoms with Crippen molar-refractivity contribution in [3.05, 3.63) is 29.8 Å². The fourth-order valence-corrected chi connectivity index (χ4v) is 6.46. The summed E-state index contributed by atoms with van der Waals surface area (Å²) in [6, 6.07) is 6.77. The molecular formula is C22H35N3O3S. The van der Waals surface area contributed by atoms with Crippen molar-refractivity contribution in [2.75, 3.05) is 39.8 Å². The predicted molar refractivity (Wildman–Crippen MR) is 115 cm³/mol. The number of hydrogen-bond donors (Lipinski definition) is 0. The van der Waals surface area contributed by atoms with Crippen LogP contribution >= 0.6 is 0 Å². The van der Waals surface area contributed by atoms with Crippen LogP contribution in [0, 0.1) is 11.8 Å². The monoisotopic (exact) mass is 421 g/mol. The van der Waals surface area contributed by atoms with E-state index in [-0.39, 0.29) is 16.8 Å². The quantitative estimate of drug-likeness (QED) is 0.733. The lowest BCUT2D eigenvalue weighted by Gasteiger charge is -2.36. The van der Waals surface area contributed by atoms with Crippen LogP contribution in [0.2, 0.25) is 0 Å². The Labute approximate surface area is 175 Å². The highest BCUT2D eigenvalue weighted by molar-refractivity contribution is 7.89. The highest BCUT2D eigenvalue weighted by atomic mass is 32.2. The van der Waals surface area contributed by atoms with E-state index in [1.807, 2.05) is 7.05 Å². The van der Waals surface area contributed by atoms with Gasteiger partial charge in [-0.1, -0.05) is 26.8 Å². The second kappa shape index (κ2) is 9.14. The normalized spacial score (nSPS) is 25.1. The Morgan fingerprint density at radius 2 is 1.76 bits per heavy atom. The van der Waals surface area contributed by atoms with Crippen molar-refractivity contribution in [2.45, 2.75) is 51.0 Å². The second-order valence-corrected chi connectivity index (χ2v) is 10.8. The lowest BCUT2D eigenvalue weighted by atomic mass is 9.94. The van der Waals surface area contributed by atoms with Crippen LogP contribution in [0.15, 0.2) is 29.2 Å². The third kappa shape index (κ3) is 5.01. The van der Waals surface area contributed by atoms with Crippen LogP contribution in [-0.4, -0.2) is 74.2 Å². The average molecular weight is 422 g/mol. The number of hydrogen-bond acceptors (Lipinski definition) is 4. The molecule has 0 aliphatic carbocycles. The van der Waals surface area contributed by atoms with Gasteiger partial charge in [-0.2, -0.15) is 4.31 Å². The molecule has 7 heteroatoms. The zero-order chi connectivity index (χ0) is 21.2. The van der Waals surface area contributed by atoms with Crippen molar-refractivity contribution in [1.82, 2.24) is 14.1 Å². The molecule has 2 heterocycles. The van der Waals surface area contributed by atoms with Crippen molar-refractivity contribution in [2.24, 2.45) is 11.8 Å². The molecule has 0 aromatic heterocycles. The van der Waals surface area contributed by atoms with Gasteiger partial charge in [-0.3, -0.25) is 4.79 Å². The maximum atomic E-state index is 13.2. The number of piperidine rings is 2. The molecule has 0 saturated carbocycles. The Morgan fingerprint density at radius 1 is 1.14 bits per heavy atom. The number of rotatable bonds is 5. The molecule has 0 radical (unpaired) electrons.